The summed E-state index contributed by atoms with van der Waals surface area (Å²) in [6, 6.07) is -0.383. The zero-order valence-electron chi connectivity index (χ0n) is 35.6. The summed E-state index contributed by atoms with van der Waals surface area (Å²) >= 11 is 0. The average Bonchev–Trinajstić information content (AvgIpc) is 3.93. The van der Waals surface area contributed by atoms with Crippen molar-refractivity contribution < 1.29 is 24.2 Å². The number of aliphatic hydroxyl groups excluding tert-OH is 1. The van der Waals surface area contributed by atoms with Gasteiger partial charge in [0.05, 0.1) is 25.2 Å². The van der Waals surface area contributed by atoms with Crippen LogP contribution in [0.4, 0.5) is 0 Å². The number of ether oxygens (including phenoxy) is 2. The first-order chi connectivity index (χ1) is 27.3. The van der Waals surface area contributed by atoms with E-state index in [2.05, 4.69) is 93.2 Å². The number of nitrogens with one attached hydrogen (secondary N) is 4. The maximum absolute atomic E-state index is 13.6. The number of aromatic amines is 2. The van der Waals surface area contributed by atoms with E-state index >= 15 is 0 Å². The molecule has 0 spiro atoms. The zero-order chi connectivity index (χ0) is 41.1. The summed E-state index contributed by atoms with van der Waals surface area (Å²) in [4.78, 5) is 34.3. The van der Waals surface area contributed by atoms with Gasteiger partial charge in [0, 0.05) is 57.1 Å². The van der Waals surface area contributed by atoms with Crippen molar-refractivity contribution in [3.63, 3.8) is 0 Å². The van der Waals surface area contributed by atoms with Crippen molar-refractivity contribution in [2.75, 3.05) is 13.7 Å². The van der Waals surface area contributed by atoms with Crippen molar-refractivity contribution in [1.29, 1.82) is 0 Å². The second-order valence-corrected chi connectivity index (χ2v) is 16.9. The Morgan fingerprint density at radius 2 is 1.77 bits per heavy atom. The molecule has 9 heteroatoms. The van der Waals surface area contributed by atoms with Crippen LogP contribution in [0.15, 0.2) is 40.4 Å². The van der Waals surface area contributed by atoms with E-state index in [1.54, 1.807) is 0 Å². The third-order valence-electron chi connectivity index (χ3n) is 13.2. The monoisotopic (exact) mass is 776 g/mol. The van der Waals surface area contributed by atoms with Gasteiger partial charge in [-0.15, -0.1) is 6.42 Å². The number of H-pyrrole nitrogens is 2. The number of terminal acetylenes is 1. The van der Waals surface area contributed by atoms with Gasteiger partial charge in [0.1, 0.15) is 12.5 Å². The van der Waals surface area contributed by atoms with Crippen molar-refractivity contribution in [2.24, 2.45) is 29.6 Å². The molecule has 9 nitrogen and oxygen atoms in total. The molecule has 306 valence electrons. The molecule has 8 bridgehead atoms. The number of carbonyl (C=O) groups is 2. The highest BCUT2D eigenvalue weighted by molar-refractivity contribution is 5.88. The Morgan fingerprint density at radius 1 is 1.02 bits per heavy atom. The molecule has 0 saturated carbocycles. The summed E-state index contributed by atoms with van der Waals surface area (Å²) in [5.41, 5.74) is 11.8. The van der Waals surface area contributed by atoms with Crippen molar-refractivity contribution in [3.05, 3.63) is 84.7 Å². The van der Waals surface area contributed by atoms with E-state index in [9.17, 15) is 14.7 Å². The van der Waals surface area contributed by atoms with Crippen LogP contribution < -0.4 is 21.3 Å². The van der Waals surface area contributed by atoms with Crippen LogP contribution in [0.1, 0.15) is 133 Å². The fraction of sp³-hybridized carbons (Fsp3) is 0.542. The summed E-state index contributed by atoms with van der Waals surface area (Å²) in [6.45, 7) is 17.4. The number of aliphatic hydroxyl groups is 1. The molecule has 3 aliphatic heterocycles. The van der Waals surface area contributed by atoms with Gasteiger partial charge in [0.15, 0.2) is 0 Å². The van der Waals surface area contributed by atoms with E-state index in [4.69, 9.17) is 15.9 Å². The number of allylic oxidation sites excluding steroid dienone is 4. The smallest absolute Gasteiger partial charge is 0.315 e. The highest BCUT2D eigenvalue weighted by atomic mass is 16.5. The summed E-state index contributed by atoms with van der Waals surface area (Å²) < 4.78 is 11.1. The zero-order valence-corrected chi connectivity index (χ0v) is 35.6. The maximum atomic E-state index is 13.6. The first-order valence-electron chi connectivity index (χ1n) is 21.2. The first kappa shape index (κ1) is 41.9. The topological polar surface area (TPSA) is 128 Å². The third kappa shape index (κ3) is 8.34. The number of rotatable bonds is 14. The molecule has 57 heavy (non-hydrogen) atoms. The van der Waals surface area contributed by atoms with E-state index in [0.29, 0.717) is 12.0 Å². The molecular formula is C48H64N4O5. The van der Waals surface area contributed by atoms with Gasteiger partial charge in [-0.2, -0.15) is 0 Å². The van der Waals surface area contributed by atoms with Crippen LogP contribution >= 0.6 is 0 Å². The molecule has 2 aromatic rings. The lowest BCUT2D eigenvalue weighted by molar-refractivity contribution is -0.147. The van der Waals surface area contributed by atoms with Crippen LogP contribution in [0.3, 0.4) is 0 Å². The lowest BCUT2D eigenvalue weighted by Gasteiger charge is -2.27. The standard InChI is InChI=1S/C48H64N4O5/c1-11-14-16-26(4)17-15-18-27(5)21-22-57-41(53)20-19-34-30(8)37-23-35-28(6)32(12-2)39(49-35)24-36-29(7)33(13-3)40(50-36)25-38-31(9)42-46(52-38)43(45(34)51-37)44(47(42)54)48(55)56-10/h2,21,23-26,30,32,34,44-45,47,49-52,54H,11,13-20,22H2,1,3-10H3/b27-21-,37-23-,38-25-,39-24-/t26-,30-,32+,34-,44+,45?,47-/m0/s1. The highest BCUT2D eigenvalue weighted by Crippen LogP contribution is 2.45. The number of hydrogen-bond donors (Lipinski definition) is 5. The number of carbonyl (C=O) groups excluding carboxylic acids is 2. The van der Waals surface area contributed by atoms with E-state index in [1.807, 2.05) is 13.0 Å². The minimum Gasteiger partial charge on any atom is -0.468 e. The minimum absolute atomic E-state index is 0.0336. The van der Waals surface area contributed by atoms with E-state index < -0.39 is 18.0 Å². The van der Waals surface area contributed by atoms with Gasteiger partial charge < -0.3 is 35.2 Å². The Balaban J connectivity index is 1.36. The number of unbranched alkanes of at least 4 members (excludes halogenated alkanes) is 1. The predicted octanol–water partition coefficient (Wildman–Crippen LogP) is 7.19. The molecular weight excluding hydrogens is 713 g/mol. The number of aromatic nitrogens is 2. The SMILES string of the molecule is C#C[C@@H]1C(C)=C2/C=C3\NC(C4=c5[nH]/c(c(C)c5[C@H](O)[C@@H]4C(=O)OC)=C\c4[nH]c(c(C)c4CC)/C=C/1N2)[C@@H](CCC(=O)OC/C=C(/C)CCC[C@@H](C)CCCC)[C@@H]3C. The van der Waals surface area contributed by atoms with Gasteiger partial charge in [-0.05, 0) is 117 Å². The lowest BCUT2D eigenvalue weighted by Crippen LogP contribution is -2.37. The highest BCUT2D eigenvalue weighted by Gasteiger charge is 2.49. The average molecular weight is 777 g/mol. The quantitative estimate of drug-likeness (QED) is 0.0781. The second-order valence-electron chi connectivity index (χ2n) is 16.9. The lowest BCUT2D eigenvalue weighted by atomic mass is 9.80. The molecule has 1 aliphatic carbocycles. The molecule has 0 aromatic carbocycles. The Kier molecular flexibility index (Phi) is 13.1. The van der Waals surface area contributed by atoms with E-state index in [-0.39, 0.29) is 42.8 Å². The molecule has 7 atom stereocenters. The summed E-state index contributed by atoms with van der Waals surface area (Å²) in [6.07, 6.45) is 22.2. The normalized spacial score (nSPS) is 26.7. The van der Waals surface area contributed by atoms with Gasteiger partial charge >= 0.3 is 11.9 Å². The van der Waals surface area contributed by atoms with Crippen molar-refractivity contribution in [2.45, 2.75) is 125 Å². The third-order valence-corrected chi connectivity index (χ3v) is 13.2. The Labute approximate surface area is 339 Å². The van der Waals surface area contributed by atoms with E-state index in [0.717, 1.165) is 86.6 Å². The molecule has 6 rings (SSSR count). The molecule has 1 saturated heterocycles. The number of hydrogen-bond acceptors (Lipinski definition) is 7. The van der Waals surface area contributed by atoms with Gasteiger partial charge in [-0.1, -0.05) is 64.9 Å². The molecule has 4 aliphatic rings. The van der Waals surface area contributed by atoms with Gasteiger partial charge in [-0.25, -0.2) is 0 Å². The van der Waals surface area contributed by atoms with Gasteiger partial charge in [0.2, 0.25) is 0 Å². The summed E-state index contributed by atoms with van der Waals surface area (Å²) in [5, 5.41) is 21.0. The maximum Gasteiger partial charge on any atom is 0.315 e. The molecule has 2 aromatic heterocycles. The van der Waals surface area contributed by atoms with Crippen LogP contribution in [0.2, 0.25) is 0 Å². The Morgan fingerprint density at radius 3 is 2.47 bits per heavy atom. The number of esters is 2. The molecule has 0 radical (unpaired) electrons. The predicted molar refractivity (Wildman–Crippen MR) is 227 cm³/mol. The fourth-order valence-corrected chi connectivity index (χ4v) is 9.65. The number of fused-ring (bicyclic) bond motifs is 8. The fourth-order valence-electron chi connectivity index (χ4n) is 9.65. The molecule has 5 heterocycles. The summed E-state index contributed by atoms with van der Waals surface area (Å²) in [5.74, 6) is 1.71. The molecule has 0 amide bonds. The van der Waals surface area contributed by atoms with Crippen LogP contribution in [-0.2, 0) is 25.5 Å². The minimum atomic E-state index is -1.10. The van der Waals surface area contributed by atoms with Crippen LogP contribution in [0, 0.1) is 55.8 Å². The van der Waals surface area contributed by atoms with Gasteiger partial charge in [-0.3, -0.25) is 9.59 Å². The van der Waals surface area contributed by atoms with Crippen molar-refractivity contribution in [3.8, 4) is 12.3 Å². The first-order valence-corrected chi connectivity index (χ1v) is 21.2. The molecule has 1 unspecified atom stereocenters. The van der Waals surface area contributed by atoms with Crippen molar-refractivity contribution in [1.82, 2.24) is 20.6 Å². The number of methoxy groups -OCH3 is 1. The van der Waals surface area contributed by atoms with Crippen LogP contribution in [-0.4, -0.2) is 46.8 Å². The summed E-state index contributed by atoms with van der Waals surface area (Å²) in [7, 11) is 1.36. The second kappa shape index (κ2) is 17.9. The van der Waals surface area contributed by atoms with Crippen LogP contribution in [0.25, 0.3) is 17.7 Å². The Bertz CT molecular complexity index is 2170. The largest absolute Gasteiger partial charge is 0.468 e. The van der Waals surface area contributed by atoms with Crippen LogP contribution in [0.5, 0.6) is 0 Å². The molecule has 5 N–H and O–H groups in total. The Hall–Kier alpha value is -4.68. The van der Waals surface area contributed by atoms with Crippen molar-refractivity contribution >= 4 is 29.7 Å². The molecule has 1 fully saturated rings. The van der Waals surface area contributed by atoms with Gasteiger partial charge in [0.25, 0.3) is 0 Å². The van der Waals surface area contributed by atoms with E-state index in [1.165, 1.54) is 43.9 Å².